The lowest BCUT2D eigenvalue weighted by molar-refractivity contribution is 0.177. The van der Waals surface area contributed by atoms with Crippen molar-refractivity contribution in [3.05, 3.63) is 88.4 Å². The Morgan fingerprint density at radius 3 is 2.44 bits per heavy atom. The third kappa shape index (κ3) is 5.20. The van der Waals surface area contributed by atoms with Crippen LogP contribution in [-0.4, -0.2) is 17.7 Å². The molecule has 3 aromatic rings. The van der Waals surface area contributed by atoms with Crippen molar-refractivity contribution in [2.45, 2.75) is 6.04 Å². The van der Waals surface area contributed by atoms with Gasteiger partial charge in [0.15, 0.2) is 0 Å². The smallest absolute Gasteiger partial charge is 0.407 e. The predicted molar refractivity (Wildman–Crippen MR) is 98.2 cm³/mol. The lowest BCUT2D eigenvalue weighted by Crippen LogP contribution is -2.18. The zero-order valence-corrected chi connectivity index (χ0v) is 14.2. The molecular formula is C20H16N2O2S. The van der Waals surface area contributed by atoms with Crippen molar-refractivity contribution >= 4 is 17.4 Å². The summed E-state index contributed by atoms with van der Waals surface area (Å²) in [6.45, 7) is 0.329. The number of benzene rings is 1. The molecule has 4 rings (SSSR count). The van der Waals surface area contributed by atoms with Crippen molar-refractivity contribution < 1.29 is 9.53 Å². The minimum Gasteiger partial charge on any atom is -0.447 e. The van der Waals surface area contributed by atoms with E-state index in [2.05, 4.69) is 22.1 Å². The van der Waals surface area contributed by atoms with E-state index < -0.39 is 6.09 Å². The van der Waals surface area contributed by atoms with Gasteiger partial charge in [-0.25, -0.2) is 4.79 Å². The Hall–Kier alpha value is -3.10. The average Bonchev–Trinajstić information content (AvgIpc) is 3.36. The average molecular weight is 348 g/mol. The zero-order valence-electron chi connectivity index (χ0n) is 13.4. The minimum absolute atomic E-state index is 0.145. The van der Waals surface area contributed by atoms with Crippen molar-refractivity contribution in [2.24, 2.45) is 0 Å². The van der Waals surface area contributed by atoms with Crippen molar-refractivity contribution in [2.75, 3.05) is 6.61 Å². The van der Waals surface area contributed by atoms with Gasteiger partial charge in [0.1, 0.15) is 6.61 Å². The Morgan fingerprint density at radius 1 is 1.04 bits per heavy atom. The van der Waals surface area contributed by atoms with E-state index in [0.717, 1.165) is 16.7 Å². The number of hydrogen-bond donors (Lipinski definition) is 1. The van der Waals surface area contributed by atoms with Crippen LogP contribution < -0.4 is 5.32 Å². The van der Waals surface area contributed by atoms with Crippen LogP contribution in [-0.2, 0) is 4.74 Å². The highest BCUT2D eigenvalue weighted by Gasteiger charge is 2.23. The number of rotatable bonds is 1. The van der Waals surface area contributed by atoms with Crippen LogP contribution in [0, 0.1) is 11.8 Å². The van der Waals surface area contributed by atoms with E-state index in [1.165, 1.54) is 0 Å². The van der Waals surface area contributed by atoms with Gasteiger partial charge in [-0.05, 0) is 34.5 Å². The second-order valence-corrected chi connectivity index (χ2v) is 6.03. The van der Waals surface area contributed by atoms with Gasteiger partial charge in [-0.15, -0.1) is 0 Å². The van der Waals surface area contributed by atoms with Gasteiger partial charge in [0.2, 0.25) is 0 Å². The maximum Gasteiger partial charge on any atom is 0.407 e. The van der Waals surface area contributed by atoms with Crippen molar-refractivity contribution in [1.82, 2.24) is 10.3 Å². The summed E-state index contributed by atoms with van der Waals surface area (Å²) in [5.41, 5.74) is 2.67. The van der Waals surface area contributed by atoms with E-state index in [0.29, 0.717) is 6.61 Å². The van der Waals surface area contributed by atoms with E-state index in [1.54, 1.807) is 23.7 Å². The number of thiophene rings is 1. The molecule has 3 heterocycles. The summed E-state index contributed by atoms with van der Waals surface area (Å²) >= 11 is 1.71. The van der Waals surface area contributed by atoms with Crippen LogP contribution >= 0.6 is 11.3 Å². The van der Waals surface area contributed by atoms with Crippen LogP contribution in [0.3, 0.4) is 0 Å². The number of alkyl carbamates (subject to hydrolysis) is 1. The summed E-state index contributed by atoms with van der Waals surface area (Å²) < 4.78 is 4.88. The highest BCUT2D eigenvalue weighted by molar-refractivity contribution is 7.07. The van der Waals surface area contributed by atoms with Gasteiger partial charge in [-0.3, -0.25) is 4.98 Å². The highest BCUT2D eigenvalue weighted by atomic mass is 32.1. The first kappa shape index (κ1) is 16.7. The number of hydrogen-bond acceptors (Lipinski definition) is 4. The molecule has 1 fully saturated rings. The van der Waals surface area contributed by atoms with Gasteiger partial charge in [0.25, 0.3) is 0 Å². The SMILES string of the molecule is O=C1N[C@H](c2cncc(C#Cc3ccccc3)c2)CO1.c1ccsc1. The molecule has 1 aliphatic rings. The van der Waals surface area contributed by atoms with E-state index in [4.69, 9.17) is 4.74 Å². The topological polar surface area (TPSA) is 51.2 Å². The summed E-state index contributed by atoms with van der Waals surface area (Å²) in [5.74, 6) is 6.15. The van der Waals surface area contributed by atoms with Gasteiger partial charge >= 0.3 is 6.09 Å². The minimum atomic E-state index is -0.393. The summed E-state index contributed by atoms with van der Waals surface area (Å²) in [5, 5.41) is 6.81. The van der Waals surface area contributed by atoms with Crippen molar-refractivity contribution in [1.29, 1.82) is 0 Å². The molecule has 0 spiro atoms. The third-order valence-corrected chi connectivity index (χ3v) is 4.01. The van der Waals surface area contributed by atoms with E-state index in [-0.39, 0.29) is 6.04 Å². The van der Waals surface area contributed by atoms with Crippen LogP contribution in [0.2, 0.25) is 0 Å². The second-order valence-electron chi connectivity index (χ2n) is 5.21. The predicted octanol–water partition coefficient (Wildman–Crippen LogP) is 4.01. The molecule has 0 unspecified atom stereocenters. The first-order chi connectivity index (χ1) is 12.3. The lowest BCUT2D eigenvalue weighted by Gasteiger charge is -2.06. The van der Waals surface area contributed by atoms with E-state index in [1.807, 2.05) is 59.3 Å². The molecule has 0 aliphatic carbocycles. The Kier molecular flexibility index (Phi) is 5.81. The Labute approximate surface area is 150 Å². The van der Waals surface area contributed by atoms with Crippen LogP contribution in [0.4, 0.5) is 4.79 Å². The van der Waals surface area contributed by atoms with Gasteiger partial charge in [-0.2, -0.15) is 11.3 Å². The van der Waals surface area contributed by atoms with Gasteiger partial charge < -0.3 is 10.1 Å². The fourth-order valence-electron chi connectivity index (χ4n) is 2.17. The highest BCUT2D eigenvalue weighted by Crippen LogP contribution is 2.17. The molecule has 4 nitrogen and oxygen atoms in total. The molecule has 1 amide bonds. The summed E-state index contributed by atoms with van der Waals surface area (Å²) in [7, 11) is 0. The molecule has 1 aromatic carbocycles. The summed E-state index contributed by atoms with van der Waals surface area (Å²) in [6, 6.07) is 15.6. The summed E-state index contributed by atoms with van der Waals surface area (Å²) in [4.78, 5) is 15.2. The summed E-state index contributed by atoms with van der Waals surface area (Å²) in [6.07, 6.45) is 3.03. The molecule has 2 aromatic heterocycles. The number of nitrogens with one attached hydrogen (secondary N) is 1. The van der Waals surface area contributed by atoms with Crippen LogP contribution in [0.15, 0.2) is 71.7 Å². The van der Waals surface area contributed by atoms with E-state index >= 15 is 0 Å². The largest absolute Gasteiger partial charge is 0.447 e. The molecule has 0 radical (unpaired) electrons. The molecule has 5 heteroatoms. The van der Waals surface area contributed by atoms with Crippen molar-refractivity contribution in [3.8, 4) is 11.8 Å². The molecular weight excluding hydrogens is 332 g/mol. The van der Waals surface area contributed by atoms with Gasteiger partial charge in [-0.1, -0.05) is 42.2 Å². The molecule has 1 N–H and O–H groups in total. The first-order valence-corrected chi connectivity index (χ1v) is 8.68. The van der Waals surface area contributed by atoms with E-state index in [9.17, 15) is 4.79 Å². The molecule has 1 atom stereocenters. The monoisotopic (exact) mass is 348 g/mol. The quantitative estimate of drug-likeness (QED) is 0.676. The second kappa shape index (κ2) is 8.67. The number of cyclic esters (lactones) is 1. The number of amides is 1. The molecule has 25 heavy (non-hydrogen) atoms. The lowest BCUT2D eigenvalue weighted by atomic mass is 10.1. The number of ether oxygens (including phenoxy) is 1. The Bertz CT molecular complexity index is 850. The van der Waals surface area contributed by atoms with Crippen LogP contribution in [0.25, 0.3) is 0 Å². The zero-order chi connectivity index (χ0) is 17.3. The fourth-order valence-corrected chi connectivity index (χ4v) is 2.63. The normalized spacial score (nSPS) is 15.0. The maximum absolute atomic E-state index is 11.0. The number of aromatic nitrogens is 1. The fraction of sp³-hybridized carbons (Fsp3) is 0.100. The third-order valence-electron chi connectivity index (χ3n) is 3.39. The van der Waals surface area contributed by atoms with Gasteiger partial charge in [0.05, 0.1) is 6.04 Å². The Balaban J connectivity index is 0.000000314. The first-order valence-electron chi connectivity index (χ1n) is 7.74. The van der Waals surface area contributed by atoms with Crippen molar-refractivity contribution in [3.63, 3.8) is 0 Å². The van der Waals surface area contributed by atoms with Gasteiger partial charge in [0, 0.05) is 23.5 Å². The number of carbonyl (C=O) groups is 1. The van der Waals surface area contributed by atoms with Crippen LogP contribution in [0.1, 0.15) is 22.7 Å². The van der Waals surface area contributed by atoms with Crippen LogP contribution in [0.5, 0.6) is 0 Å². The molecule has 0 saturated carbocycles. The number of nitrogens with zero attached hydrogens (tertiary/aromatic N) is 1. The standard InChI is InChI=1S/C16H12N2O2.C4H4S/c19-16-18-15(11-20-16)14-8-13(9-17-10-14)7-6-12-4-2-1-3-5-12;1-2-4-5-3-1/h1-5,8-10,15H,11H2,(H,18,19);1-4H/t15-;/m0./s1. The molecule has 1 saturated heterocycles. The molecule has 0 bridgehead atoms. The molecule has 1 aliphatic heterocycles. The molecule has 124 valence electrons. The number of pyridine rings is 1. The Morgan fingerprint density at radius 2 is 1.80 bits per heavy atom. The maximum atomic E-state index is 11.0. The number of carbonyl (C=O) groups excluding carboxylic acids is 1.